The molecule has 0 amide bonds. The fraction of sp³-hybridized carbons (Fsp3) is 0.250. The van der Waals surface area contributed by atoms with Crippen molar-refractivity contribution in [3.05, 3.63) is 53.1 Å². The molecule has 0 fully saturated rings. The van der Waals surface area contributed by atoms with Crippen molar-refractivity contribution in [3.8, 4) is 23.8 Å². The number of terminal acetylenes is 1. The number of ether oxygens (including phenoxy) is 2. The van der Waals surface area contributed by atoms with E-state index in [4.69, 9.17) is 15.9 Å². The highest BCUT2D eigenvalue weighted by Crippen LogP contribution is 2.28. The van der Waals surface area contributed by atoms with E-state index in [9.17, 15) is 0 Å². The van der Waals surface area contributed by atoms with Crippen LogP contribution in [0.25, 0.3) is 0 Å². The molecule has 3 heteroatoms. The molecule has 0 aliphatic rings. The molecule has 0 bridgehead atoms. The van der Waals surface area contributed by atoms with Crippen molar-refractivity contribution >= 4 is 11.9 Å². The number of nitrogens with zero attached hydrogens (tertiary/aromatic N) is 1. The van der Waals surface area contributed by atoms with Crippen LogP contribution in [-0.4, -0.2) is 19.4 Å². The van der Waals surface area contributed by atoms with Gasteiger partial charge in [-0.15, -0.1) is 6.42 Å². The van der Waals surface area contributed by atoms with Gasteiger partial charge in [0.1, 0.15) is 6.61 Å². The van der Waals surface area contributed by atoms with Crippen molar-refractivity contribution in [2.24, 2.45) is 4.99 Å². The molecule has 0 heterocycles. The standard InChI is InChI=1S/C20H21NO2/c1-5-11-23-19-10-8-17(13-20(19)22-6-2)14-21-18-9-7-15(3)16(4)12-18/h1,7-10,12-14H,6,11H2,2-4H3. The Bertz CT molecular complexity index is 742. The predicted molar refractivity (Wildman–Crippen MR) is 95.1 cm³/mol. The summed E-state index contributed by atoms with van der Waals surface area (Å²) in [5, 5.41) is 0. The first-order chi connectivity index (χ1) is 11.1. The Morgan fingerprint density at radius 1 is 1.04 bits per heavy atom. The monoisotopic (exact) mass is 307 g/mol. The van der Waals surface area contributed by atoms with Gasteiger partial charge in [-0.25, -0.2) is 0 Å². The van der Waals surface area contributed by atoms with E-state index in [1.807, 2.05) is 37.4 Å². The van der Waals surface area contributed by atoms with Crippen LogP contribution in [0.1, 0.15) is 23.6 Å². The van der Waals surface area contributed by atoms with E-state index in [1.165, 1.54) is 11.1 Å². The van der Waals surface area contributed by atoms with Crippen LogP contribution < -0.4 is 9.47 Å². The van der Waals surface area contributed by atoms with Gasteiger partial charge in [-0.2, -0.15) is 0 Å². The van der Waals surface area contributed by atoms with E-state index in [-0.39, 0.29) is 6.61 Å². The molecular formula is C20H21NO2. The summed E-state index contributed by atoms with van der Waals surface area (Å²) in [6.07, 6.45) is 7.05. The van der Waals surface area contributed by atoms with E-state index in [2.05, 4.69) is 36.9 Å². The number of hydrogen-bond donors (Lipinski definition) is 0. The zero-order valence-electron chi connectivity index (χ0n) is 13.8. The first-order valence-corrected chi connectivity index (χ1v) is 7.58. The lowest BCUT2D eigenvalue weighted by molar-refractivity contribution is 0.299. The van der Waals surface area contributed by atoms with Gasteiger partial charge in [-0.1, -0.05) is 12.0 Å². The molecule has 0 unspecified atom stereocenters. The SMILES string of the molecule is C#CCOc1ccc(C=Nc2ccc(C)c(C)c2)cc1OCC. The van der Waals surface area contributed by atoms with Gasteiger partial charge in [0.25, 0.3) is 0 Å². The second-order valence-corrected chi connectivity index (χ2v) is 5.16. The van der Waals surface area contributed by atoms with Gasteiger partial charge in [0.2, 0.25) is 0 Å². The summed E-state index contributed by atoms with van der Waals surface area (Å²) in [7, 11) is 0. The Hall–Kier alpha value is -2.73. The van der Waals surface area contributed by atoms with Crippen molar-refractivity contribution < 1.29 is 9.47 Å². The smallest absolute Gasteiger partial charge is 0.162 e. The van der Waals surface area contributed by atoms with Gasteiger partial charge in [-0.3, -0.25) is 4.99 Å². The van der Waals surface area contributed by atoms with Crippen LogP contribution >= 0.6 is 0 Å². The average molecular weight is 307 g/mol. The van der Waals surface area contributed by atoms with E-state index in [0.29, 0.717) is 18.1 Å². The first kappa shape index (κ1) is 16.6. The summed E-state index contributed by atoms with van der Waals surface area (Å²) >= 11 is 0. The van der Waals surface area contributed by atoms with Crippen LogP contribution in [0.3, 0.4) is 0 Å². The van der Waals surface area contributed by atoms with Gasteiger partial charge in [0.15, 0.2) is 11.5 Å². The lowest BCUT2D eigenvalue weighted by Gasteiger charge is -2.10. The number of rotatable bonds is 6. The van der Waals surface area contributed by atoms with Crippen LogP contribution in [0.4, 0.5) is 5.69 Å². The second kappa shape index (κ2) is 8.05. The summed E-state index contributed by atoms with van der Waals surface area (Å²) in [5.41, 5.74) is 4.36. The molecule has 0 aromatic heterocycles. The molecule has 2 aromatic carbocycles. The lowest BCUT2D eigenvalue weighted by atomic mass is 10.1. The Morgan fingerprint density at radius 3 is 2.57 bits per heavy atom. The molecule has 0 spiro atoms. The van der Waals surface area contributed by atoms with Crippen LogP contribution in [0.5, 0.6) is 11.5 Å². The minimum Gasteiger partial charge on any atom is -0.490 e. The molecule has 3 nitrogen and oxygen atoms in total. The Kier molecular flexibility index (Phi) is 5.82. The Labute approximate surface area is 138 Å². The highest BCUT2D eigenvalue weighted by Gasteiger charge is 2.05. The van der Waals surface area contributed by atoms with Crippen LogP contribution in [0.15, 0.2) is 41.4 Å². The van der Waals surface area contributed by atoms with Gasteiger partial charge in [0.05, 0.1) is 12.3 Å². The van der Waals surface area contributed by atoms with Gasteiger partial charge in [0, 0.05) is 6.21 Å². The Morgan fingerprint density at radius 2 is 1.87 bits per heavy atom. The molecule has 0 saturated heterocycles. The summed E-state index contributed by atoms with van der Waals surface area (Å²) < 4.78 is 11.1. The van der Waals surface area contributed by atoms with Crippen LogP contribution in [-0.2, 0) is 0 Å². The van der Waals surface area contributed by atoms with E-state index in [1.54, 1.807) is 0 Å². The first-order valence-electron chi connectivity index (χ1n) is 7.58. The highest BCUT2D eigenvalue weighted by atomic mass is 16.5. The molecule has 0 radical (unpaired) electrons. The maximum Gasteiger partial charge on any atom is 0.162 e. The van der Waals surface area contributed by atoms with E-state index in [0.717, 1.165) is 11.3 Å². The zero-order chi connectivity index (χ0) is 16.7. The minimum absolute atomic E-state index is 0.218. The van der Waals surface area contributed by atoms with E-state index < -0.39 is 0 Å². The molecule has 0 aliphatic carbocycles. The summed E-state index contributed by atoms with van der Waals surface area (Å²) in [6.45, 7) is 6.88. The van der Waals surface area contributed by atoms with Crippen LogP contribution in [0.2, 0.25) is 0 Å². The summed E-state index contributed by atoms with van der Waals surface area (Å²) in [5.74, 6) is 3.77. The number of aliphatic imine (C=N–C) groups is 1. The number of benzene rings is 2. The normalized spacial score (nSPS) is 10.5. The van der Waals surface area contributed by atoms with Gasteiger partial charge < -0.3 is 9.47 Å². The largest absolute Gasteiger partial charge is 0.490 e. The molecule has 2 rings (SSSR count). The molecule has 118 valence electrons. The van der Waals surface area contributed by atoms with Crippen LogP contribution in [0, 0.1) is 26.2 Å². The third-order valence-electron chi connectivity index (χ3n) is 3.43. The minimum atomic E-state index is 0.218. The van der Waals surface area contributed by atoms with Crippen molar-refractivity contribution in [2.45, 2.75) is 20.8 Å². The average Bonchev–Trinajstić information content (AvgIpc) is 2.55. The van der Waals surface area contributed by atoms with Crippen molar-refractivity contribution in [2.75, 3.05) is 13.2 Å². The molecule has 2 aromatic rings. The molecule has 0 saturated carbocycles. The van der Waals surface area contributed by atoms with Crippen molar-refractivity contribution in [1.82, 2.24) is 0 Å². The second-order valence-electron chi connectivity index (χ2n) is 5.16. The number of aryl methyl sites for hydroxylation is 2. The predicted octanol–water partition coefficient (Wildman–Crippen LogP) is 4.46. The number of hydrogen-bond acceptors (Lipinski definition) is 3. The lowest BCUT2D eigenvalue weighted by Crippen LogP contribution is -2.00. The fourth-order valence-corrected chi connectivity index (χ4v) is 2.07. The quantitative estimate of drug-likeness (QED) is 0.582. The molecule has 23 heavy (non-hydrogen) atoms. The molecular weight excluding hydrogens is 286 g/mol. The van der Waals surface area contributed by atoms with Crippen molar-refractivity contribution in [3.63, 3.8) is 0 Å². The highest BCUT2D eigenvalue weighted by molar-refractivity contribution is 5.83. The topological polar surface area (TPSA) is 30.8 Å². The van der Waals surface area contributed by atoms with Crippen molar-refractivity contribution in [1.29, 1.82) is 0 Å². The zero-order valence-corrected chi connectivity index (χ0v) is 13.8. The third-order valence-corrected chi connectivity index (χ3v) is 3.43. The van der Waals surface area contributed by atoms with E-state index >= 15 is 0 Å². The molecule has 0 atom stereocenters. The summed E-state index contributed by atoms with van der Waals surface area (Å²) in [4.78, 5) is 4.52. The fourth-order valence-electron chi connectivity index (χ4n) is 2.07. The Balaban J connectivity index is 2.22. The third kappa shape index (κ3) is 4.62. The maximum absolute atomic E-state index is 5.61. The van der Waals surface area contributed by atoms with Gasteiger partial charge in [-0.05, 0) is 67.8 Å². The summed E-state index contributed by atoms with van der Waals surface area (Å²) in [6, 6.07) is 11.8. The molecule has 0 N–H and O–H groups in total. The maximum atomic E-state index is 5.61. The van der Waals surface area contributed by atoms with Gasteiger partial charge >= 0.3 is 0 Å². The molecule has 0 aliphatic heterocycles.